The summed E-state index contributed by atoms with van der Waals surface area (Å²) in [5.74, 6) is -1.07. The van der Waals surface area contributed by atoms with Gasteiger partial charge in [-0.15, -0.1) is 0 Å². The summed E-state index contributed by atoms with van der Waals surface area (Å²) < 4.78 is 4.99. The lowest BCUT2D eigenvalue weighted by molar-refractivity contribution is -0.147. The molecule has 154 valence electrons. The molecule has 0 aliphatic heterocycles. The van der Waals surface area contributed by atoms with Crippen LogP contribution in [0.5, 0.6) is 0 Å². The maximum atomic E-state index is 12.2. The van der Waals surface area contributed by atoms with Crippen molar-refractivity contribution in [2.75, 3.05) is 17.2 Å². The number of benzene rings is 3. The molecule has 0 spiro atoms. The second-order valence-electron chi connectivity index (χ2n) is 6.95. The molecule has 0 aromatic heterocycles. The van der Waals surface area contributed by atoms with Crippen molar-refractivity contribution < 1.29 is 19.1 Å². The zero-order chi connectivity index (χ0) is 21.3. The molecule has 0 radical (unpaired) electrons. The molecule has 30 heavy (non-hydrogen) atoms. The zero-order valence-electron chi connectivity index (χ0n) is 16.8. The summed E-state index contributed by atoms with van der Waals surface area (Å²) in [7, 11) is 0. The van der Waals surface area contributed by atoms with Crippen molar-refractivity contribution in [3.8, 4) is 0 Å². The van der Waals surface area contributed by atoms with Gasteiger partial charge in [-0.25, -0.2) is 0 Å². The summed E-state index contributed by atoms with van der Waals surface area (Å²) in [6, 6.07) is 20.9. The number of hydrogen-bond acceptors (Lipinski definition) is 4. The van der Waals surface area contributed by atoms with Crippen LogP contribution in [0.1, 0.15) is 24.8 Å². The number of para-hydroxylation sites is 1. The molecular formula is C24H24N2O4. The molecule has 3 aromatic rings. The molecule has 2 N–H and O–H groups in total. The molecule has 2 amide bonds. The minimum absolute atomic E-state index is 0.0700. The second kappa shape index (κ2) is 10.2. The highest BCUT2D eigenvalue weighted by atomic mass is 16.5. The van der Waals surface area contributed by atoms with E-state index < -0.39 is 11.9 Å². The number of ether oxygens (including phenoxy) is 1. The Morgan fingerprint density at radius 2 is 1.43 bits per heavy atom. The van der Waals surface area contributed by atoms with E-state index in [0.29, 0.717) is 12.1 Å². The van der Waals surface area contributed by atoms with Gasteiger partial charge in [0.1, 0.15) is 0 Å². The Morgan fingerprint density at radius 3 is 2.27 bits per heavy atom. The molecule has 0 atom stereocenters. The van der Waals surface area contributed by atoms with E-state index in [0.717, 1.165) is 22.0 Å². The molecule has 3 aromatic carbocycles. The smallest absolute Gasteiger partial charge is 0.306 e. The Bertz CT molecular complexity index is 1060. The number of aryl methyl sites for hydroxylation is 1. The summed E-state index contributed by atoms with van der Waals surface area (Å²) in [5.41, 5.74) is 2.35. The predicted molar refractivity (Wildman–Crippen MR) is 117 cm³/mol. The number of hydrogen-bond donors (Lipinski definition) is 2. The van der Waals surface area contributed by atoms with Crippen LogP contribution in [0.4, 0.5) is 11.4 Å². The molecule has 0 bridgehead atoms. The van der Waals surface area contributed by atoms with Gasteiger partial charge in [0.2, 0.25) is 5.91 Å². The predicted octanol–water partition coefficient (Wildman–Crippen LogP) is 4.44. The minimum atomic E-state index is -0.507. The third kappa shape index (κ3) is 5.91. The van der Waals surface area contributed by atoms with Crippen LogP contribution >= 0.6 is 0 Å². The third-order valence-electron chi connectivity index (χ3n) is 4.63. The Labute approximate surface area is 175 Å². The van der Waals surface area contributed by atoms with Crippen LogP contribution in [-0.4, -0.2) is 24.4 Å². The van der Waals surface area contributed by atoms with Crippen LogP contribution in [0.3, 0.4) is 0 Å². The lowest BCUT2D eigenvalue weighted by Gasteiger charge is -2.09. The van der Waals surface area contributed by atoms with Gasteiger partial charge < -0.3 is 15.4 Å². The number of carbonyl (C=O) groups excluding carboxylic acids is 3. The first-order chi connectivity index (χ1) is 14.5. The van der Waals surface area contributed by atoms with Crippen LogP contribution in [-0.2, 0) is 19.1 Å². The molecular weight excluding hydrogens is 380 g/mol. The van der Waals surface area contributed by atoms with E-state index in [9.17, 15) is 14.4 Å². The highest BCUT2D eigenvalue weighted by Gasteiger charge is 2.11. The van der Waals surface area contributed by atoms with Crippen LogP contribution < -0.4 is 10.6 Å². The normalized spacial score (nSPS) is 10.4. The topological polar surface area (TPSA) is 84.5 Å². The fourth-order valence-electron chi connectivity index (χ4n) is 3.06. The van der Waals surface area contributed by atoms with E-state index >= 15 is 0 Å². The molecule has 0 heterocycles. The van der Waals surface area contributed by atoms with Crippen LogP contribution in [0.2, 0.25) is 0 Å². The quantitative estimate of drug-likeness (QED) is 0.544. The van der Waals surface area contributed by atoms with Crippen LogP contribution in [0, 0.1) is 6.92 Å². The fourth-order valence-corrected chi connectivity index (χ4v) is 3.06. The molecule has 6 heteroatoms. The lowest BCUT2D eigenvalue weighted by Crippen LogP contribution is -2.21. The van der Waals surface area contributed by atoms with Gasteiger partial charge in [-0.2, -0.15) is 0 Å². The SMILES string of the molecule is Cc1ccccc1NC(=O)COC(=O)CCCC(=O)Nc1cccc2ccccc12. The van der Waals surface area contributed by atoms with Gasteiger partial charge in [-0.1, -0.05) is 54.6 Å². The van der Waals surface area contributed by atoms with E-state index in [-0.39, 0.29) is 25.4 Å². The average Bonchev–Trinajstić information content (AvgIpc) is 2.74. The molecule has 0 aliphatic carbocycles. The number of carbonyl (C=O) groups is 3. The number of amides is 2. The monoisotopic (exact) mass is 404 g/mol. The summed E-state index contributed by atoms with van der Waals surface area (Å²) in [4.78, 5) is 36.0. The Balaban J connectivity index is 1.38. The van der Waals surface area contributed by atoms with Crippen molar-refractivity contribution in [3.63, 3.8) is 0 Å². The van der Waals surface area contributed by atoms with Crippen molar-refractivity contribution in [2.45, 2.75) is 26.2 Å². The minimum Gasteiger partial charge on any atom is -0.456 e. The molecule has 6 nitrogen and oxygen atoms in total. The Hall–Kier alpha value is -3.67. The van der Waals surface area contributed by atoms with E-state index in [2.05, 4.69) is 10.6 Å². The molecule has 0 saturated carbocycles. The summed E-state index contributed by atoms with van der Waals surface area (Å²) in [5, 5.41) is 7.60. The summed E-state index contributed by atoms with van der Waals surface area (Å²) >= 11 is 0. The van der Waals surface area contributed by atoms with Gasteiger partial charge in [0.15, 0.2) is 6.61 Å². The third-order valence-corrected chi connectivity index (χ3v) is 4.63. The number of rotatable bonds is 8. The zero-order valence-corrected chi connectivity index (χ0v) is 16.8. The number of nitrogens with one attached hydrogen (secondary N) is 2. The van der Waals surface area contributed by atoms with Gasteiger partial charge in [-0.3, -0.25) is 14.4 Å². The first-order valence-electron chi connectivity index (χ1n) is 9.81. The largest absolute Gasteiger partial charge is 0.456 e. The second-order valence-corrected chi connectivity index (χ2v) is 6.95. The Morgan fingerprint density at radius 1 is 0.767 bits per heavy atom. The van der Waals surface area contributed by atoms with Gasteiger partial charge >= 0.3 is 5.97 Å². The van der Waals surface area contributed by atoms with E-state index in [1.54, 1.807) is 6.07 Å². The van der Waals surface area contributed by atoms with E-state index in [1.165, 1.54) is 0 Å². The van der Waals surface area contributed by atoms with Gasteiger partial charge in [0, 0.05) is 29.6 Å². The fraction of sp³-hybridized carbons (Fsp3) is 0.208. The standard InChI is InChI=1S/C24H24N2O4/c1-17-8-2-5-12-20(17)25-23(28)16-30-24(29)15-7-14-22(27)26-21-13-6-10-18-9-3-4-11-19(18)21/h2-6,8-13H,7,14-16H2,1H3,(H,25,28)(H,26,27). The molecule has 0 aliphatic rings. The molecule has 0 saturated heterocycles. The number of esters is 1. The highest BCUT2D eigenvalue weighted by molar-refractivity contribution is 6.02. The number of anilines is 2. The van der Waals surface area contributed by atoms with Crippen molar-refractivity contribution in [2.24, 2.45) is 0 Å². The number of fused-ring (bicyclic) bond motifs is 1. The van der Waals surface area contributed by atoms with Gasteiger partial charge in [-0.05, 0) is 36.4 Å². The van der Waals surface area contributed by atoms with Crippen molar-refractivity contribution in [1.29, 1.82) is 0 Å². The maximum absolute atomic E-state index is 12.2. The Kier molecular flexibility index (Phi) is 7.16. The van der Waals surface area contributed by atoms with Crippen molar-refractivity contribution >= 4 is 39.9 Å². The highest BCUT2D eigenvalue weighted by Crippen LogP contribution is 2.23. The average molecular weight is 404 g/mol. The maximum Gasteiger partial charge on any atom is 0.306 e. The van der Waals surface area contributed by atoms with Crippen LogP contribution in [0.15, 0.2) is 66.7 Å². The summed E-state index contributed by atoms with van der Waals surface area (Å²) in [6.07, 6.45) is 0.600. The lowest BCUT2D eigenvalue weighted by atomic mass is 10.1. The first kappa shape index (κ1) is 21.0. The summed E-state index contributed by atoms with van der Waals surface area (Å²) in [6.45, 7) is 1.53. The first-order valence-corrected chi connectivity index (χ1v) is 9.81. The van der Waals surface area contributed by atoms with E-state index in [1.807, 2.05) is 67.6 Å². The van der Waals surface area contributed by atoms with Gasteiger partial charge in [0.05, 0.1) is 0 Å². The van der Waals surface area contributed by atoms with Gasteiger partial charge in [0.25, 0.3) is 5.91 Å². The molecule has 0 unspecified atom stereocenters. The van der Waals surface area contributed by atoms with Crippen molar-refractivity contribution in [3.05, 3.63) is 72.3 Å². The van der Waals surface area contributed by atoms with Crippen molar-refractivity contribution in [1.82, 2.24) is 0 Å². The van der Waals surface area contributed by atoms with E-state index in [4.69, 9.17) is 4.74 Å². The van der Waals surface area contributed by atoms with Crippen LogP contribution in [0.25, 0.3) is 10.8 Å². The molecule has 3 rings (SSSR count). The molecule has 0 fully saturated rings.